The van der Waals surface area contributed by atoms with Gasteiger partial charge in [0.05, 0.1) is 6.61 Å². The van der Waals surface area contributed by atoms with Gasteiger partial charge in [-0.25, -0.2) is 9.18 Å². The monoisotopic (exact) mass is 290 g/mol. The smallest absolute Gasteiger partial charge is 0.319 e. The highest BCUT2D eigenvalue weighted by Crippen LogP contribution is 2.23. The lowest BCUT2D eigenvalue weighted by Gasteiger charge is -2.08. The molecule has 0 aliphatic carbocycles. The van der Waals surface area contributed by atoms with Crippen molar-refractivity contribution in [1.82, 2.24) is 5.32 Å². The summed E-state index contributed by atoms with van der Waals surface area (Å²) in [7, 11) is 0. The van der Waals surface area contributed by atoms with Gasteiger partial charge < -0.3 is 20.5 Å². The van der Waals surface area contributed by atoms with Crippen molar-refractivity contribution in [3.05, 3.63) is 54.3 Å². The second kappa shape index (κ2) is 7.25. The van der Waals surface area contributed by atoms with Crippen LogP contribution in [-0.4, -0.2) is 24.3 Å². The van der Waals surface area contributed by atoms with Gasteiger partial charge in [-0.15, -0.1) is 0 Å². The number of benzene rings is 2. The van der Waals surface area contributed by atoms with E-state index in [0.29, 0.717) is 17.2 Å². The zero-order valence-corrected chi connectivity index (χ0v) is 11.2. The number of amides is 2. The predicted molar refractivity (Wildman–Crippen MR) is 77.0 cm³/mol. The Labute approximate surface area is 121 Å². The van der Waals surface area contributed by atoms with Crippen LogP contribution in [0.4, 0.5) is 14.9 Å². The first-order valence-electron chi connectivity index (χ1n) is 6.36. The van der Waals surface area contributed by atoms with Crippen LogP contribution in [0.15, 0.2) is 48.5 Å². The van der Waals surface area contributed by atoms with Gasteiger partial charge in [0.25, 0.3) is 0 Å². The molecule has 0 spiro atoms. The lowest BCUT2D eigenvalue weighted by Crippen LogP contribution is -2.30. The molecule has 0 fully saturated rings. The first-order chi connectivity index (χ1) is 10.2. The van der Waals surface area contributed by atoms with Gasteiger partial charge in [0, 0.05) is 18.3 Å². The highest BCUT2D eigenvalue weighted by atomic mass is 19.1. The Morgan fingerprint density at radius 1 is 1.14 bits per heavy atom. The Kier molecular flexibility index (Phi) is 5.11. The van der Waals surface area contributed by atoms with Crippen molar-refractivity contribution in [2.75, 3.05) is 18.5 Å². The fourth-order valence-electron chi connectivity index (χ4n) is 1.62. The van der Waals surface area contributed by atoms with Crippen LogP contribution >= 0.6 is 0 Å². The number of ether oxygens (including phenoxy) is 1. The van der Waals surface area contributed by atoms with E-state index >= 15 is 0 Å². The Hall–Kier alpha value is -2.60. The largest absolute Gasteiger partial charge is 0.457 e. The molecule has 6 heteroatoms. The number of hydrogen-bond acceptors (Lipinski definition) is 3. The molecule has 3 N–H and O–H groups in total. The van der Waals surface area contributed by atoms with Gasteiger partial charge in [-0.05, 0) is 36.4 Å². The van der Waals surface area contributed by atoms with E-state index in [2.05, 4.69) is 10.6 Å². The molecule has 0 unspecified atom stereocenters. The van der Waals surface area contributed by atoms with Crippen molar-refractivity contribution in [3.8, 4) is 11.5 Å². The summed E-state index contributed by atoms with van der Waals surface area (Å²) in [5, 5.41) is 13.7. The van der Waals surface area contributed by atoms with Gasteiger partial charge in [-0.2, -0.15) is 0 Å². The minimum Gasteiger partial charge on any atom is -0.457 e. The van der Waals surface area contributed by atoms with E-state index < -0.39 is 6.03 Å². The summed E-state index contributed by atoms with van der Waals surface area (Å²) >= 11 is 0. The second-order valence-corrected chi connectivity index (χ2v) is 4.19. The molecule has 0 bridgehead atoms. The van der Waals surface area contributed by atoms with Crippen molar-refractivity contribution < 1.29 is 19.0 Å². The first-order valence-corrected chi connectivity index (χ1v) is 6.36. The molecule has 2 rings (SSSR count). The minimum absolute atomic E-state index is 0.117. The van der Waals surface area contributed by atoms with E-state index in [1.54, 1.807) is 36.4 Å². The highest BCUT2D eigenvalue weighted by molar-refractivity contribution is 5.89. The maximum Gasteiger partial charge on any atom is 0.319 e. The number of anilines is 1. The third-order valence-corrected chi connectivity index (χ3v) is 2.54. The molecule has 2 aromatic carbocycles. The van der Waals surface area contributed by atoms with E-state index in [1.807, 2.05) is 0 Å². The molecule has 2 aromatic rings. The summed E-state index contributed by atoms with van der Waals surface area (Å²) in [6, 6.07) is 12.1. The Bertz CT molecular complexity index is 602. The van der Waals surface area contributed by atoms with Crippen molar-refractivity contribution in [1.29, 1.82) is 0 Å². The SMILES string of the molecule is O=C(NCCO)Nc1ccc(Oc2cccc(F)c2)cc1. The standard InChI is InChI=1S/C15H15FN2O3/c16-11-2-1-3-14(10-11)21-13-6-4-12(5-7-13)18-15(20)17-8-9-19/h1-7,10,19H,8-9H2,(H2,17,18,20). The van der Waals surface area contributed by atoms with Gasteiger partial charge >= 0.3 is 6.03 Å². The van der Waals surface area contributed by atoms with E-state index in [9.17, 15) is 9.18 Å². The zero-order chi connectivity index (χ0) is 15.1. The average Bonchev–Trinajstić information content (AvgIpc) is 2.47. The maximum absolute atomic E-state index is 13.0. The quantitative estimate of drug-likeness (QED) is 0.793. The summed E-state index contributed by atoms with van der Waals surface area (Å²) in [4.78, 5) is 11.4. The molecular formula is C15H15FN2O3. The van der Waals surface area contributed by atoms with Gasteiger partial charge in [0.15, 0.2) is 0 Å². The van der Waals surface area contributed by atoms with Crippen molar-refractivity contribution in [2.24, 2.45) is 0 Å². The Morgan fingerprint density at radius 3 is 2.57 bits per heavy atom. The molecule has 110 valence electrons. The van der Waals surface area contributed by atoms with Crippen LogP contribution in [0, 0.1) is 5.82 Å². The van der Waals surface area contributed by atoms with Crippen LogP contribution in [0.3, 0.4) is 0 Å². The molecule has 0 aliphatic rings. The van der Waals surface area contributed by atoms with Crippen molar-refractivity contribution in [2.45, 2.75) is 0 Å². The van der Waals surface area contributed by atoms with E-state index in [1.165, 1.54) is 12.1 Å². The Morgan fingerprint density at radius 2 is 1.90 bits per heavy atom. The highest BCUT2D eigenvalue weighted by Gasteiger charge is 2.02. The molecule has 0 saturated heterocycles. The number of carbonyl (C=O) groups excluding carboxylic acids is 1. The predicted octanol–water partition coefficient (Wildman–Crippen LogP) is 2.73. The number of halogens is 1. The van der Waals surface area contributed by atoms with Crippen LogP contribution < -0.4 is 15.4 Å². The number of nitrogens with one attached hydrogen (secondary N) is 2. The molecule has 0 aliphatic heterocycles. The van der Waals surface area contributed by atoms with Crippen LogP contribution in [0.1, 0.15) is 0 Å². The number of hydrogen-bond donors (Lipinski definition) is 3. The summed E-state index contributed by atoms with van der Waals surface area (Å²) in [6.45, 7) is 0.0699. The topological polar surface area (TPSA) is 70.6 Å². The molecule has 5 nitrogen and oxygen atoms in total. The fraction of sp³-hybridized carbons (Fsp3) is 0.133. The molecular weight excluding hydrogens is 275 g/mol. The summed E-state index contributed by atoms with van der Waals surface area (Å²) in [5.41, 5.74) is 0.581. The molecule has 21 heavy (non-hydrogen) atoms. The Balaban J connectivity index is 1.94. The molecule has 0 aromatic heterocycles. The molecule has 0 atom stereocenters. The van der Waals surface area contributed by atoms with Crippen LogP contribution in [-0.2, 0) is 0 Å². The minimum atomic E-state index is -0.400. The van der Waals surface area contributed by atoms with Gasteiger partial charge in [0.1, 0.15) is 17.3 Å². The number of aliphatic hydroxyl groups is 1. The summed E-state index contributed by atoms with van der Waals surface area (Å²) < 4.78 is 18.5. The molecule has 2 amide bonds. The number of carbonyl (C=O) groups is 1. The number of rotatable bonds is 5. The lowest BCUT2D eigenvalue weighted by molar-refractivity contribution is 0.245. The first kappa shape index (κ1) is 14.8. The van der Waals surface area contributed by atoms with E-state index in [4.69, 9.17) is 9.84 Å². The van der Waals surface area contributed by atoms with Crippen LogP contribution in [0.2, 0.25) is 0 Å². The second-order valence-electron chi connectivity index (χ2n) is 4.19. The lowest BCUT2D eigenvalue weighted by atomic mass is 10.3. The molecule has 0 radical (unpaired) electrons. The number of urea groups is 1. The molecule has 0 saturated carbocycles. The average molecular weight is 290 g/mol. The van der Waals surface area contributed by atoms with E-state index in [0.717, 1.165) is 0 Å². The van der Waals surface area contributed by atoms with Crippen molar-refractivity contribution >= 4 is 11.7 Å². The van der Waals surface area contributed by atoms with Gasteiger partial charge in [-0.1, -0.05) is 6.07 Å². The van der Waals surface area contributed by atoms with E-state index in [-0.39, 0.29) is 19.0 Å². The fourth-order valence-corrected chi connectivity index (χ4v) is 1.62. The summed E-state index contributed by atoms with van der Waals surface area (Å²) in [6.07, 6.45) is 0. The van der Waals surface area contributed by atoms with Gasteiger partial charge in [0.2, 0.25) is 0 Å². The zero-order valence-electron chi connectivity index (χ0n) is 11.2. The maximum atomic E-state index is 13.0. The van der Waals surface area contributed by atoms with Crippen LogP contribution in [0.25, 0.3) is 0 Å². The van der Waals surface area contributed by atoms with Crippen molar-refractivity contribution in [3.63, 3.8) is 0 Å². The third-order valence-electron chi connectivity index (χ3n) is 2.54. The third kappa shape index (κ3) is 4.77. The van der Waals surface area contributed by atoms with Gasteiger partial charge in [-0.3, -0.25) is 0 Å². The number of aliphatic hydroxyl groups excluding tert-OH is 1. The molecule has 0 heterocycles. The summed E-state index contributed by atoms with van der Waals surface area (Å²) in [5.74, 6) is 0.560. The van der Waals surface area contributed by atoms with Crippen LogP contribution in [0.5, 0.6) is 11.5 Å². The normalized spacial score (nSPS) is 10.0.